The lowest BCUT2D eigenvalue weighted by Gasteiger charge is -2.25. The molecule has 2 fully saturated rings. The average Bonchev–Trinajstić information content (AvgIpc) is 2.81. The third kappa shape index (κ3) is 2.77. The molecular weight excluding hydrogens is 234 g/mol. The van der Waals surface area contributed by atoms with E-state index in [0.717, 1.165) is 32.5 Å². The molecule has 4 N–H and O–H groups in total. The van der Waals surface area contributed by atoms with Crippen molar-refractivity contribution in [2.45, 2.75) is 32.6 Å². The van der Waals surface area contributed by atoms with Gasteiger partial charge in [-0.05, 0) is 38.1 Å². The predicted octanol–water partition coefficient (Wildman–Crippen LogP) is 0.640. The molecule has 0 aromatic heterocycles. The summed E-state index contributed by atoms with van der Waals surface area (Å²) in [6, 6.07) is 0. The zero-order valence-corrected chi connectivity index (χ0v) is 11.2. The molecule has 2 aliphatic rings. The number of nitrogens with two attached hydrogens (primary N) is 2. The van der Waals surface area contributed by atoms with E-state index in [2.05, 4.69) is 4.90 Å². The van der Waals surface area contributed by atoms with Crippen LogP contribution in [0.2, 0.25) is 0 Å². The number of primary amides is 1. The van der Waals surface area contributed by atoms with Crippen LogP contribution < -0.4 is 11.5 Å². The van der Waals surface area contributed by atoms with E-state index in [0.29, 0.717) is 10.4 Å². The molecule has 96 valence electrons. The first kappa shape index (κ1) is 12.8. The summed E-state index contributed by atoms with van der Waals surface area (Å²) >= 11 is 5.00. The third-order valence-electron chi connectivity index (χ3n) is 4.21. The Bertz CT molecular complexity index is 354. The largest absolute Gasteiger partial charge is 0.393 e. The fourth-order valence-electron chi connectivity index (χ4n) is 2.80. The summed E-state index contributed by atoms with van der Waals surface area (Å²) in [5.74, 6) is -0.181. The molecule has 1 amide bonds. The second-order valence-electron chi connectivity index (χ2n) is 6.03. The molecule has 5 heteroatoms. The Morgan fingerprint density at radius 1 is 1.35 bits per heavy atom. The molecular formula is C12H21N3OS. The van der Waals surface area contributed by atoms with Crippen molar-refractivity contribution in [1.82, 2.24) is 4.90 Å². The highest BCUT2D eigenvalue weighted by Crippen LogP contribution is 2.50. The molecule has 4 nitrogen and oxygen atoms in total. The van der Waals surface area contributed by atoms with Gasteiger partial charge in [0, 0.05) is 19.5 Å². The molecule has 0 aromatic rings. The standard InChI is InChI=1S/C12H21N3OS/c1-11(10(14)16)4-5-15(7-11)8-12(2-3-12)6-9(13)17/h2-8H2,1H3,(H2,13,17)(H2,14,16). The zero-order valence-electron chi connectivity index (χ0n) is 10.4. The summed E-state index contributed by atoms with van der Waals surface area (Å²) in [5, 5.41) is 0. The molecule has 1 saturated heterocycles. The van der Waals surface area contributed by atoms with Crippen LogP contribution in [0.15, 0.2) is 0 Å². The number of carbonyl (C=O) groups excluding carboxylic acids is 1. The third-order valence-corrected chi connectivity index (χ3v) is 4.36. The van der Waals surface area contributed by atoms with Crippen LogP contribution in [0.1, 0.15) is 32.6 Å². The molecule has 17 heavy (non-hydrogen) atoms. The smallest absolute Gasteiger partial charge is 0.224 e. The normalized spacial score (nSPS) is 31.4. The van der Waals surface area contributed by atoms with E-state index in [1.165, 1.54) is 12.8 Å². The van der Waals surface area contributed by atoms with Gasteiger partial charge in [0.2, 0.25) is 5.91 Å². The lowest BCUT2D eigenvalue weighted by atomic mass is 9.89. The molecule has 0 spiro atoms. The van der Waals surface area contributed by atoms with Crippen molar-refractivity contribution < 1.29 is 4.79 Å². The van der Waals surface area contributed by atoms with Crippen LogP contribution in [-0.4, -0.2) is 35.4 Å². The van der Waals surface area contributed by atoms with Crippen molar-refractivity contribution in [1.29, 1.82) is 0 Å². The van der Waals surface area contributed by atoms with E-state index in [1.54, 1.807) is 0 Å². The van der Waals surface area contributed by atoms with Gasteiger partial charge in [0.25, 0.3) is 0 Å². The van der Waals surface area contributed by atoms with E-state index in [4.69, 9.17) is 23.7 Å². The van der Waals surface area contributed by atoms with Crippen LogP contribution in [0.3, 0.4) is 0 Å². The van der Waals surface area contributed by atoms with Gasteiger partial charge in [0.05, 0.1) is 10.4 Å². The molecule has 0 radical (unpaired) electrons. The summed E-state index contributed by atoms with van der Waals surface area (Å²) in [4.78, 5) is 14.3. The Balaban J connectivity index is 1.90. The van der Waals surface area contributed by atoms with E-state index in [9.17, 15) is 4.79 Å². The lowest BCUT2D eigenvalue weighted by Crippen LogP contribution is -2.38. The van der Waals surface area contributed by atoms with Gasteiger partial charge in [-0.3, -0.25) is 4.79 Å². The minimum absolute atomic E-state index is 0.181. The highest BCUT2D eigenvalue weighted by Gasteiger charge is 2.47. The monoisotopic (exact) mass is 255 g/mol. The minimum atomic E-state index is -0.348. The van der Waals surface area contributed by atoms with Crippen LogP contribution in [-0.2, 0) is 4.79 Å². The van der Waals surface area contributed by atoms with Gasteiger partial charge < -0.3 is 16.4 Å². The Morgan fingerprint density at radius 2 is 2.00 bits per heavy atom. The van der Waals surface area contributed by atoms with Crippen molar-refractivity contribution in [2.24, 2.45) is 22.3 Å². The first-order chi connectivity index (χ1) is 7.85. The molecule has 1 aliphatic heterocycles. The van der Waals surface area contributed by atoms with E-state index in [1.807, 2.05) is 6.92 Å². The number of carbonyl (C=O) groups is 1. The van der Waals surface area contributed by atoms with Gasteiger partial charge in [-0.25, -0.2) is 0 Å². The zero-order chi connectivity index (χ0) is 12.7. The van der Waals surface area contributed by atoms with Crippen LogP contribution >= 0.6 is 12.2 Å². The fraction of sp³-hybridized carbons (Fsp3) is 0.833. The molecule has 1 saturated carbocycles. The molecule has 1 atom stereocenters. The van der Waals surface area contributed by atoms with Gasteiger partial charge in [0.1, 0.15) is 0 Å². The van der Waals surface area contributed by atoms with E-state index < -0.39 is 0 Å². The molecule has 0 bridgehead atoms. The molecule has 1 unspecified atom stereocenters. The van der Waals surface area contributed by atoms with Gasteiger partial charge in [-0.1, -0.05) is 12.2 Å². The average molecular weight is 255 g/mol. The van der Waals surface area contributed by atoms with Crippen molar-refractivity contribution >= 4 is 23.1 Å². The summed E-state index contributed by atoms with van der Waals surface area (Å²) in [5.41, 5.74) is 11.0. The number of likely N-dealkylation sites (tertiary alicyclic amines) is 1. The second-order valence-corrected chi connectivity index (χ2v) is 6.55. The first-order valence-electron chi connectivity index (χ1n) is 6.16. The van der Waals surface area contributed by atoms with E-state index >= 15 is 0 Å². The first-order valence-corrected chi connectivity index (χ1v) is 6.57. The number of amides is 1. The van der Waals surface area contributed by atoms with Crippen molar-refractivity contribution in [3.05, 3.63) is 0 Å². The topological polar surface area (TPSA) is 72.4 Å². The van der Waals surface area contributed by atoms with E-state index in [-0.39, 0.29) is 11.3 Å². The number of thiocarbonyl (C=S) groups is 1. The van der Waals surface area contributed by atoms with Gasteiger partial charge in [0.15, 0.2) is 0 Å². The molecule has 2 rings (SSSR count). The summed E-state index contributed by atoms with van der Waals surface area (Å²) in [7, 11) is 0. The summed E-state index contributed by atoms with van der Waals surface area (Å²) in [6.45, 7) is 4.70. The number of hydrogen-bond acceptors (Lipinski definition) is 3. The quantitative estimate of drug-likeness (QED) is 0.707. The summed E-state index contributed by atoms with van der Waals surface area (Å²) in [6.07, 6.45) is 4.11. The highest BCUT2D eigenvalue weighted by atomic mass is 32.1. The Hall–Kier alpha value is -0.680. The number of nitrogens with zero attached hydrogens (tertiary/aromatic N) is 1. The maximum Gasteiger partial charge on any atom is 0.224 e. The summed E-state index contributed by atoms with van der Waals surface area (Å²) < 4.78 is 0. The van der Waals surface area contributed by atoms with Crippen molar-refractivity contribution in [3.8, 4) is 0 Å². The van der Waals surface area contributed by atoms with Gasteiger partial charge in [-0.15, -0.1) is 0 Å². The highest BCUT2D eigenvalue weighted by molar-refractivity contribution is 7.80. The maximum absolute atomic E-state index is 11.4. The SMILES string of the molecule is CC1(C(N)=O)CCN(CC2(CC(N)=S)CC2)C1. The van der Waals surface area contributed by atoms with Gasteiger partial charge in [-0.2, -0.15) is 0 Å². The van der Waals surface area contributed by atoms with Crippen molar-refractivity contribution in [3.63, 3.8) is 0 Å². The number of hydrogen-bond donors (Lipinski definition) is 2. The fourth-order valence-corrected chi connectivity index (χ4v) is 3.11. The Kier molecular flexibility index (Phi) is 3.16. The van der Waals surface area contributed by atoms with Gasteiger partial charge >= 0.3 is 0 Å². The number of rotatable bonds is 5. The Labute approximate surface area is 108 Å². The molecule has 0 aromatic carbocycles. The minimum Gasteiger partial charge on any atom is -0.393 e. The molecule has 1 aliphatic carbocycles. The lowest BCUT2D eigenvalue weighted by molar-refractivity contribution is -0.126. The maximum atomic E-state index is 11.4. The Morgan fingerprint density at radius 3 is 2.41 bits per heavy atom. The van der Waals surface area contributed by atoms with Crippen LogP contribution in [0.5, 0.6) is 0 Å². The van der Waals surface area contributed by atoms with Crippen LogP contribution in [0, 0.1) is 10.8 Å². The molecule has 1 heterocycles. The van der Waals surface area contributed by atoms with Crippen molar-refractivity contribution in [2.75, 3.05) is 19.6 Å². The van der Waals surface area contributed by atoms with Crippen LogP contribution in [0.25, 0.3) is 0 Å². The van der Waals surface area contributed by atoms with Crippen LogP contribution in [0.4, 0.5) is 0 Å². The predicted molar refractivity (Wildman–Crippen MR) is 71.4 cm³/mol. The second kappa shape index (κ2) is 4.21.